The molecular weight excluding hydrogens is 230 g/mol. The van der Waals surface area contributed by atoms with Gasteiger partial charge in [0.1, 0.15) is 5.69 Å². The SMILES string of the molecule is Cc1c(-c2ccc(Cl)s2)n[nH]c1CCN. The zero-order valence-corrected chi connectivity index (χ0v) is 9.95. The topological polar surface area (TPSA) is 54.7 Å². The van der Waals surface area contributed by atoms with E-state index in [0.29, 0.717) is 6.54 Å². The lowest BCUT2D eigenvalue weighted by Crippen LogP contribution is -2.03. The van der Waals surface area contributed by atoms with Gasteiger partial charge in [-0.2, -0.15) is 5.10 Å². The largest absolute Gasteiger partial charge is 0.330 e. The number of nitrogens with two attached hydrogens (primary N) is 1. The molecular formula is C10H12ClN3S. The lowest BCUT2D eigenvalue weighted by molar-refractivity contribution is 0.896. The van der Waals surface area contributed by atoms with E-state index in [1.54, 1.807) is 0 Å². The molecule has 5 heteroatoms. The quantitative estimate of drug-likeness (QED) is 0.868. The highest BCUT2D eigenvalue weighted by Crippen LogP contribution is 2.32. The summed E-state index contributed by atoms with van der Waals surface area (Å²) in [6.45, 7) is 2.69. The van der Waals surface area contributed by atoms with Crippen molar-refractivity contribution < 1.29 is 0 Å². The number of aromatic amines is 1. The van der Waals surface area contributed by atoms with Gasteiger partial charge < -0.3 is 5.73 Å². The average molecular weight is 242 g/mol. The van der Waals surface area contributed by atoms with E-state index in [0.717, 1.165) is 27.0 Å². The number of hydrogen-bond acceptors (Lipinski definition) is 3. The second-order valence-corrected chi connectivity index (χ2v) is 5.03. The predicted octanol–water partition coefficient (Wildman–Crippen LogP) is 2.60. The molecule has 0 radical (unpaired) electrons. The molecule has 0 fully saturated rings. The molecule has 0 aliphatic heterocycles. The number of thiophene rings is 1. The molecule has 0 aliphatic rings. The van der Waals surface area contributed by atoms with Crippen LogP contribution in [0.5, 0.6) is 0 Å². The number of rotatable bonds is 3. The van der Waals surface area contributed by atoms with Crippen molar-refractivity contribution in [3.63, 3.8) is 0 Å². The van der Waals surface area contributed by atoms with Crippen molar-refractivity contribution in [2.45, 2.75) is 13.3 Å². The third-order valence-electron chi connectivity index (χ3n) is 2.31. The number of aromatic nitrogens is 2. The fourth-order valence-corrected chi connectivity index (χ4v) is 2.59. The van der Waals surface area contributed by atoms with E-state index in [-0.39, 0.29) is 0 Å². The summed E-state index contributed by atoms with van der Waals surface area (Å²) in [7, 11) is 0. The Labute approximate surface area is 97.3 Å². The van der Waals surface area contributed by atoms with E-state index in [2.05, 4.69) is 17.1 Å². The minimum atomic E-state index is 0.633. The molecule has 2 heterocycles. The minimum absolute atomic E-state index is 0.633. The summed E-state index contributed by atoms with van der Waals surface area (Å²) in [5.74, 6) is 0. The molecule has 0 aromatic carbocycles. The van der Waals surface area contributed by atoms with Crippen LogP contribution < -0.4 is 5.73 Å². The van der Waals surface area contributed by atoms with Gasteiger partial charge in [-0.15, -0.1) is 11.3 Å². The molecule has 0 atom stereocenters. The molecule has 3 N–H and O–H groups in total. The number of nitrogens with zero attached hydrogens (tertiary/aromatic N) is 1. The number of halogens is 1. The summed E-state index contributed by atoms with van der Waals surface area (Å²) in [6.07, 6.45) is 0.831. The van der Waals surface area contributed by atoms with Crippen LogP contribution in [0.4, 0.5) is 0 Å². The monoisotopic (exact) mass is 241 g/mol. The lowest BCUT2D eigenvalue weighted by atomic mass is 10.1. The zero-order valence-electron chi connectivity index (χ0n) is 8.38. The van der Waals surface area contributed by atoms with Crippen molar-refractivity contribution in [2.75, 3.05) is 6.54 Å². The standard InChI is InChI=1S/C10H12ClN3S/c1-6-7(4-5-12)13-14-10(6)8-2-3-9(11)15-8/h2-3H,4-5,12H2,1H3,(H,13,14). The summed E-state index contributed by atoms with van der Waals surface area (Å²) >= 11 is 7.43. The van der Waals surface area contributed by atoms with Crippen molar-refractivity contribution in [1.82, 2.24) is 10.2 Å². The molecule has 0 amide bonds. The van der Waals surface area contributed by atoms with Crippen LogP contribution in [0.3, 0.4) is 0 Å². The Morgan fingerprint density at radius 3 is 2.93 bits per heavy atom. The molecule has 0 saturated carbocycles. The Hall–Kier alpha value is -0.840. The lowest BCUT2D eigenvalue weighted by Gasteiger charge is -1.96. The first-order chi connectivity index (χ1) is 7.22. The van der Waals surface area contributed by atoms with Gasteiger partial charge in [-0.1, -0.05) is 11.6 Å². The maximum Gasteiger partial charge on any atom is 0.105 e. The Morgan fingerprint density at radius 2 is 2.33 bits per heavy atom. The van der Waals surface area contributed by atoms with Gasteiger partial charge in [0.2, 0.25) is 0 Å². The van der Waals surface area contributed by atoms with Crippen molar-refractivity contribution in [1.29, 1.82) is 0 Å². The molecule has 2 aromatic rings. The van der Waals surface area contributed by atoms with Crippen molar-refractivity contribution in [3.05, 3.63) is 27.7 Å². The van der Waals surface area contributed by atoms with Crippen LogP contribution in [0.15, 0.2) is 12.1 Å². The van der Waals surface area contributed by atoms with Crippen molar-refractivity contribution >= 4 is 22.9 Å². The molecule has 80 valence electrons. The molecule has 0 spiro atoms. The molecule has 2 rings (SSSR count). The van der Waals surface area contributed by atoms with Crippen LogP contribution in [0.25, 0.3) is 10.6 Å². The van der Waals surface area contributed by atoms with Gasteiger partial charge in [0.25, 0.3) is 0 Å². The molecule has 3 nitrogen and oxygen atoms in total. The van der Waals surface area contributed by atoms with Crippen molar-refractivity contribution in [2.24, 2.45) is 5.73 Å². The summed E-state index contributed by atoms with van der Waals surface area (Å²) in [5, 5.41) is 7.31. The molecule has 0 saturated heterocycles. The molecule has 0 aliphatic carbocycles. The van der Waals surface area contributed by atoms with Crippen LogP contribution in [0.1, 0.15) is 11.3 Å². The van der Waals surface area contributed by atoms with Gasteiger partial charge in [-0.25, -0.2) is 0 Å². The minimum Gasteiger partial charge on any atom is -0.330 e. The van der Waals surface area contributed by atoms with Gasteiger partial charge in [0, 0.05) is 12.1 Å². The van der Waals surface area contributed by atoms with Gasteiger partial charge in [0.15, 0.2) is 0 Å². The van der Waals surface area contributed by atoms with E-state index in [4.69, 9.17) is 17.3 Å². The predicted molar refractivity (Wildman–Crippen MR) is 64.4 cm³/mol. The van der Waals surface area contributed by atoms with E-state index < -0.39 is 0 Å². The molecule has 0 bridgehead atoms. The van der Waals surface area contributed by atoms with E-state index in [9.17, 15) is 0 Å². The van der Waals surface area contributed by atoms with Crippen LogP contribution in [0.2, 0.25) is 4.34 Å². The highest BCUT2D eigenvalue weighted by Gasteiger charge is 2.11. The third-order valence-corrected chi connectivity index (χ3v) is 3.55. The molecule has 15 heavy (non-hydrogen) atoms. The molecule has 0 unspecified atom stereocenters. The number of nitrogens with one attached hydrogen (secondary N) is 1. The van der Waals surface area contributed by atoms with Gasteiger partial charge in [-0.05, 0) is 31.2 Å². The van der Waals surface area contributed by atoms with Crippen molar-refractivity contribution in [3.8, 4) is 10.6 Å². The maximum atomic E-state index is 5.89. The van der Waals surface area contributed by atoms with Crippen LogP contribution in [0, 0.1) is 6.92 Å². The van der Waals surface area contributed by atoms with Gasteiger partial charge >= 0.3 is 0 Å². The average Bonchev–Trinajstić information content (AvgIpc) is 2.76. The fourth-order valence-electron chi connectivity index (χ4n) is 1.50. The highest BCUT2D eigenvalue weighted by atomic mass is 35.5. The Balaban J connectivity index is 2.37. The Morgan fingerprint density at radius 1 is 1.53 bits per heavy atom. The van der Waals surface area contributed by atoms with E-state index in [1.807, 2.05) is 12.1 Å². The first kappa shape index (κ1) is 10.7. The third kappa shape index (κ3) is 2.07. The summed E-state index contributed by atoms with van der Waals surface area (Å²) in [5.41, 5.74) is 8.77. The van der Waals surface area contributed by atoms with Gasteiger partial charge in [-0.3, -0.25) is 5.10 Å². The summed E-state index contributed by atoms with van der Waals surface area (Å²) in [6, 6.07) is 3.88. The van der Waals surface area contributed by atoms with Crippen LogP contribution in [-0.2, 0) is 6.42 Å². The second kappa shape index (κ2) is 4.35. The van der Waals surface area contributed by atoms with Crippen LogP contribution >= 0.6 is 22.9 Å². The van der Waals surface area contributed by atoms with Crippen LogP contribution in [-0.4, -0.2) is 16.7 Å². The number of hydrogen-bond donors (Lipinski definition) is 2. The van der Waals surface area contributed by atoms with E-state index >= 15 is 0 Å². The number of H-pyrrole nitrogens is 1. The second-order valence-electron chi connectivity index (χ2n) is 3.32. The van der Waals surface area contributed by atoms with Gasteiger partial charge in [0.05, 0.1) is 9.21 Å². The molecule has 2 aromatic heterocycles. The first-order valence-electron chi connectivity index (χ1n) is 4.72. The zero-order chi connectivity index (χ0) is 10.8. The fraction of sp³-hybridized carbons (Fsp3) is 0.300. The Bertz CT molecular complexity index is 461. The highest BCUT2D eigenvalue weighted by molar-refractivity contribution is 7.19. The maximum absolute atomic E-state index is 5.89. The van der Waals surface area contributed by atoms with E-state index in [1.165, 1.54) is 16.9 Å². The Kier molecular flexibility index (Phi) is 3.09. The summed E-state index contributed by atoms with van der Waals surface area (Å²) < 4.78 is 0.785. The first-order valence-corrected chi connectivity index (χ1v) is 5.91. The summed E-state index contributed by atoms with van der Waals surface area (Å²) in [4.78, 5) is 1.09. The normalized spacial score (nSPS) is 10.9. The smallest absolute Gasteiger partial charge is 0.105 e.